The summed E-state index contributed by atoms with van der Waals surface area (Å²) in [5.74, 6) is 0. The van der Waals surface area contributed by atoms with E-state index in [9.17, 15) is 0 Å². The zero-order valence-electron chi connectivity index (χ0n) is 51.7. The van der Waals surface area contributed by atoms with Crippen LogP contribution >= 0.6 is 23.2 Å². The van der Waals surface area contributed by atoms with E-state index in [1.807, 2.05) is 0 Å². The van der Waals surface area contributed by atoms with Gasteiger partial charge in [0.2, 0.25) is 0 Å². The van der Waals surface area contributed by atoms with E-state index < -0.39 is 49.9 Å². The van der Waals surface area contributed by atoms with Gasteiger partial charge in [-0.1, -0.05) is 231 Å². The minimum atomic E-state index is -2.08. The van der Waals surface area contributed by atoms with Crippen molar-refractivity contribution in [2.45, 2.75) is 198 Å². The Hall–Kier alpha value is -1.48. The number of hydrogen-bond acceptors (Lipinski definition) is 2. The molecule has 0 heterocycles. The molecular weight excluding hydrogens is 1170 g/mol. The van der Waals surface area contributed by atoms with Gasteiger partial charge in [0, 0.05) is 107 Å². The first-order chi connectivity index (χ1) is 35.6. The number of ether oxygens (including phenoxy) is 2. The standard InChI is InChI=1S/2C32H48OSi3.2CH3Cl.CH4.Zr/c2*1-32(2,3)33-23-36(9,30-21-26(22-35(6,7)8)27-15-12-13-17-29(27)30)31-25(18-19-34(4)5)20-24-14-10-11-16-28(24)31;2*1-2;;/h2*10-17,20-21,30-31,34H,18-19,22-23H2,1-9H3;2*1H3;1H4;. The number of fused-ring (bicyclic) bond motifs is 4. The second kappa shape index (κ2) is 29.9. The molecule has 0 aliphatic heterocycles. The molecule has 0 fully saturated rings. The molecule has 0 radical (unpaired) electrons. The van der Waals surface area contributed by atoms with E-state index in [0.29, 0.717) is 22.2 Å². The molecule has 0 amide bonds. The average molecular weight is 1270 g/mol. The third-order valence-electron chi connectivity index (χ3n) is 15.9. The minimum Gasteiger partial charge on any atom is -0.379 e. The first kappa shape index (κ1) is 70.8. The summed E-state index contributed by atoms with van der Waals surface area (Å²) in [6.45, 7) is 43.7. The van der Waals surface area contributed by atoms with E-state index in [4.69, 9.17) is 9.47 Å². The Morgan fingerprint density at radius 1 is 0.462 bits per heavy atom. The van der Waals surface area contributed by atoms with Gasteiger partial charge in [-0.15, -0.1) is 23.2 Å². The fourth-order valence-electron chi connectivity index (χ4n) is 12.6. The van der Waals surface area contributed by atoms with E-state index >= 15 is 0 Å². The molecule has 428 valence electrons. The third-order valence-corrected chi connectivity index (χ3v) is 31.0. The van der Waals surface area contributed by atoms with Crippen LogP contribution in [0.15, 0.2) is 120 Å². The number of benzene rings is 4. The summed E-state index contributed by atoms with van der Waals surface area (Å²) in [7, 11) is -7.92. The van der Waals surface area contributed by atoms with Gasteiger partial charge in [0.1, 0.15) is 16.1 Å². The second-order valence-electron chi connectivity index (χ2n) is 28.2. The van der Waals surface area contributed by atoms with Crippen LogP contribution in [-0.4, -0.2) is 86.3 Å². The number of allylic oxidation sites excluding steroid dienone is 6. The van der Waals surface area contributed by atoms with Crippen LogP contribution in [0.25, 0.3) is 23.3 Å². The second-order valence-corrected chi connectivity index (χ2v) is 54.9. The molecule has 8 rings (SSSR count). The summed E-state index contributed by atoms with van der Waals surface area (Å²) in [6, 6.07) is 42.4. The van der Waals surface area contributed by atoms with Crippen LogP contribution in [0.2, 0.25) is 103 Å². The maximum Gasteiger partial charge on any atom is 0.104 e. The molecule has 0 saturated carbocycles. The topological polar surface area (TPSA) is 18.5 Å². The molecule has 6 atom stereocenters. The molecule has 0 aromatic heterocycles. The molecule has 0 saturated heterocycles. The molecule has 4 aliphatic rings. The maximum absolute atomic E-state index is 6.78. The van der Waals surface area contributed by atoms with E-state index in [0.717, 1.165) is 12.5 Å². The van der Waals surface area contributed by atoms with Crippen LogP contribution in [0, 0.1) is 0 Å². The van der Waals surface area contributed by atoms with Crippen molar-refractivity contribution in [3.8, 4) is 0 Å². The van der Waals surface area contributed by atoms with E-state index in [1.54, 1.807) is 44.5 Å². The molecule has 78 heavy (non-hydrogen) atoms. The molecule has 6 unspecified atom stereocenters. The number of rotatable bonds is 18. The van der Waals surface area contributed by atoms with E-state index in [1.165, 1.54) is 72.0 Å². The summed E-state index contributed by atoms with van der Waals surface area (Å²) < 4.78 is 13.6. The van der Waals surface area contributed by atoms with Gasteiger partial charge >= 0.3 is 0 Å². The summed E-state index contributed by atoms with van der Waals surface area (Å²) in [5.41, 5.74) is 20.5. The minimum absolute atomic E-state index is 0. The zero-order valence-corrected chi connectivity index (χ0v) is 62.0. The molecule has 4 aromatic carbocycles. The molecule has 2 nitrogen and oxygen atoms in total. The van der Waals surface area contributed by atoms with Crippen LogP contribution in [0.1, 0.15) is 128 Å². The summed E-state index contributed by atoms with van der Waals surface area (Å²) >= 11 is 9.28. The van der Waals surface area contributed by atoms with Gasteiger partial charge in [-0.3, -0.25) is 0 Å². The molecule has 0 bridgehead atoms. The molecular formula is C67H106Cl2O2Si6Zr. The van der Waals surface area contributed by atoms with Crippen molar-refractivity contribution in [1.82, 2.24) is 0 Å². The fraction of sp³-hybridized carbons (Fsp3) is 0.522. The maximum atomic E-state index is 6.78. The smallest absolute Gasteiger partial charge is 0.104 e. The van der Waals surface area contributed by atoms with Crippen molar-refractivity contribution in [1.29, 1.82) is 0 Å². The SMILES string of the molecule is C.CCl.CCl.C[SiH](C)CCC1=Cc2ccccc2C1[Si](C)(COC(C)(C)C)C1C=C(C[Si](C)(C)C)c2ccccc21.C[SiH](C)CCC1=Cc2ccccc2C1[Si](C)(COC(C)(C)C)C1C=C(C[Si](C)(C)C)c2ccccc21.[Zr]. The van der Waals surface area contributed by atoms with Crippen molar-refractivity contribution < 1.29 is 35.7 Å². The van der Waals surface area contributed by atoms with Gasteiger partial charge in [-0.25, -0.2) is 0 Å². The van der Waals surface area contributed by atoms with Crippen LogP contribution in [0.3, 0.4) is 0 Å². The van der Waals surface area contributed by atoms with Gasteiger partial charge < -0.3 is 9.47 Å². The first-order valence-corrected chi connectivity index (χ1v) is 49.7. The van der Waals surface area contributed by atoms with Gasteiger partial charge in [0.25, 0.3) is 0 Å². The summed E-state index contributed by atoms with van der Waals surface area (Å²) in [6.07, 6.45) is 17.8. The molecule has 4 aromatic rings. The predicted molar refractivity (Wildman–Crippen MR) is 366 cm³/mol. The van der Waals surface area contributed by atoms with Crippen LogP contribution in [-0.2, 0) is 35.7 Å². The fourth-order valence-corrected chi connectivity index (χ4v) is 27.4. The number of halogens is 2. The quantitative estimate of drug-likeness (QED) is 0.0730. The Kier molecular flexibility index (Phi) is 27.1. The third kappa shape index (κ3) is 18.3. The Bertz CT molecular complexity index is 2500. The van der Waals surface area contributed by atoms with Gasteiger partial charge in [-0.05, 0) is 122 Å². The normalized spacial score (nSPS) is 19.7. The molecule has 0 spiro atoms. The largest absolute Gasteiger partial charge is 0.379 e. The Morgan fingerprint density at radius 2 is 0.756 bits per heavy atom. The van der Waals surface area contributed by atoms with Crippen LogP contribution < -0.4 is 0 Å². The van der Waals surface area contributed by atoms with Gasteiger partial charge in [0.05, 0.1) is 11.2 Å². The van der Waals surface area contributed by atoms with Crippen LogP contribution in [0.4, 0.5) is 0 Å². The van der Waals surface area contributed by atoms with Gasteiger partial charge in [0.15, 0.2) is 0 Å². The Morgan fingerprint density at radius 3 is 1.05 bits per heavy atom. The Balaban J connectivity index is 0.000000377. The van der Waals surface area contributed by atoms with Crippen molar-refractivity contribution >= 4 is 96.4 Å². The van der Waals surface area contributed by atoms with E-state index in [-0.39, 0.29) is 44.8 Å². The van der Waals surface area contributed by atoms with Crippen molar-refractivity contribution in [2.75, 3.05) is 25.2 Å². The molecule has 11 heteroatoms. The molecule has 0 N–H and O–H groups in total. The monoisotopic (exact) mass is 1270 g/mol. The predicted octanol–water partition coefficient (Wildman–Crippen LogP) is 20.5. The summed E-state index contributed by atoms with van der Waals surface area (Å²) in [4.78, 5) is 0. The van der Waals surface area contributed by atoms with Crippen molar-refractivity contribution in [3.05, 3.63) is 165 Å². The van der Waals surface area contributed by atoms with Crippen LogP contribution in [0.5, 0.6) is 0 Å². The summed E-state index contributed by atoms with van der Waals surface area (Å²) in [5, 5.41) is 0. The number of hydrogen-bond donors (Lipinski definition) is 0. The Labute approximate surface area is 515 Å². The molecule has 4 aliphatic carbocycles. The van der Waals surface area contributed by atoms with E-state index in [2.05, 4.69) is 265 Å². The van der Waals surface area contributed by atoms with Crippen molar-refractivity contribution in [3.63, 3.8) is 0 Å². The number of alkyl halides is 2. The van der Waals surface area contributed by atoms with Crippen molar-refractivity contribution in [2.24, 2.45) is 0 Å². The zero-order chi connectivity index (χ0) is 56.6. The average Bonchev–Trinajstić information content (AvgIpc) is 4.12. The van der Waals surface area contributed by atoms with Gasteiger partial charge in [-0.2, -0.15) is 0 Å². The first-order valence-electron chi connectivity index (χ1n) is 28.8.